The van der Waals surface area contributed by atoms with E-state index >= 15 is 0 Å². The molecule has 43 heavy (non-hydrogen) atoms. The van der Waals surface area contributed by atoms with Crippen molar-refractivity contribution in [3.63, 3.8) is 0 Å². The van der Waals surface area contributed by atoms with Crippen molar-refractivity contribution in [3.8, 4) is 17.2 Å². The van der Waals surface area contributed by atoms with Crippen molar-refractivity contribution in [2.45, 2.75) is 44.7 Å². The van der Waals surface area contributed by atoms with Gasteiger partial charge in [0.1, 0.15) is 26.7 Å². The lowest BCUT2D eigenvalue weighted by atomic mass is 9.91. The third-order valence-electron chi connectivity index (χ3n) is 7.78. The molecule has 1 aliphatic rings. The molecule has 9 nitrogen and oxygen atoms in total. The van der Waals surface area contributed by atoms with Gasteiger partial charge in [-0.3, -0.25) is 14.2 Å². The van der Waals surface area contributed by atoms with Crippen molar-refractivity contribution in [2.75, 3.05) is 20.6 Å². The van der Waals surface area contributed by atoms with Gasteiger partial charge in [-0.15, -0.1) is 11.3 Å². The van der Waals surface area contributed by atoms with Gasteiger partial charge < -0.3 is 25.3 Å². The largest absolute Gasteiger partial charge is 0.457 e. The van der Waals surface area contributed by atoms with E-state index in [4.69, 9.17) is 4.74 Å². The van der Waals surface area contributed by atoms with Crippen molar-refractivity contribution in [1.82, 2.24) is 30.1 Å². The second kappa shape index (κ2) is 12.1. The summed E-state index contributed by atoms with van der Waals surface area (Å²) >= 11 is 1.38. The van der Waals surface area contributed by atoms with Gasteiger partial charge in [-0.05, 0) is 88.7 Å². The van der Waals surface area contributed by atoms with Crippen molar-refractivity contribution in [3.05, 3.63) is 76.7 Å². The first-order valence-corrected chi connectivity index (χ1v) is 15.3. The van der Waals surface area contributed by atoms with Crippen LogP contribution < -0.4 is 20.9 Å². The van der Waals surface area contributed by atoms with Crippen molar-refractivity contribution < 1.29 is 14.3 Å². The Morgan fingerprint density at radius 1 is 1.09 bits per heavy atom. The number of aromatic nitrogens is 3. The number of likely N-dealkylation sites (N-methyl/N-ethyl adjacent to an activating group) is 1. The second-order valence-electron chi connectivity index (χ2n) is 11.4. The quantitative estimate of drug-likeness (QED) is 0.232. The number of benzene rings is 2. The number of carbonyl (C=O) groups is 2. The average molecular weight is 597 g/mol. The molecule has 1 fully saturated rings. The number of thiophene rings is 1. The Labute approximate surface area is 254 Å². The summed E-state index contributed by atoms with van der Waals surface area (Å²) in [5.74, 6) is 1.40. The molecule has 10 heteroatoms. The van der Waals surface area contributed by atoms with Crippen LogP contribution in [0.15, 0.2) is 60.8 Å². The fourth-order valence-electron chi connectivity index (χ4n) is 5.92. The highest BCUT2D eigenvalue weighted by Gasteiger charge is 2.27. The smallest absolute Gasteiger partial charge is 0.263 e. The second-order valence-corrected chi connectivity index (χ2v) is 12.4. The molecule has 2 atom stereocenters. The minimum atomic E-state index is -0.137. The topological polar surface area (TPSA) is 104 Å². The normalized spacial score (nSPS) is 16.9. The lowest BCUT2D eigenvalue weighted by Gasteiger charge is -2.30. The highest BCUT2D eigenvalue weighted by molar-refractivity contribution is 7.21. The summed E-state index contributed by atoms with van der Waals surface area (Å²) < 4.78 is 8.11. The molecule has 0 spiro atoms. The molecule has 3 heterocycles. The zero-order chi connectivity index (χ0) is 30.1. The monoisotopic (exact) mass is 596 g/mol. The number of aryl methyl sites for hydroxylation is 1. The van der Waals surface area contributed by atoms with Gasteiger partial charge in [0.05, 0.1) is 28.7 Å². The maximum Gasteiger partial charge on any atom is 0.263 e. The first-order chi connectivity index (χ1) is 20.8. The number of para-hydroxylation sites is 1. The zero-order valence-electron chi connectivity index (χ0n) is 24.6. The van der Waals surface area contributed by atoms with E-state index in [1.54, 1.807) is 6.20 Å². The van der Waals surface area contributed by atoms with Crippen LogP contribution in [0.1, 0.15) is 40.9 Å². The maximum atomic E-state index is 13.7. The number of pyridine rings is 1. The SMILES string of the molecule is C=c1[nH]c2c(C(=O)N[C@H]3CCCC(NC(=O)CN(C)C)C3)sc3nccc(c32)n1-c1ccc(Oc2ccccc2)cc1C. The minimum Gasteiger partial charge on any atom is -0.457 e. The summed E-state index contributed by atoms with van der Waals surface area (Å²) in [7, 11) is 3.75. The van der Waals surface area contributed by atoms with E-state index in [-0.39, 0.29) is 23.9 Å². The van der Waals surface area contributed by atoms with Gasteiger partial charge in [0.15, 0.2) is 0 Å². The molecule has 0 radical (unpaired) electrons. The van der Waals surface area contributed by atoms with Crippen LogP contribution in [-0.4, -0.2) is 64.0 Å². The molecule has 1 aliphatic carbocycles. The van der Waals surface area contributed by atoms with E-state index in [9.17, 15) is 9.59 Å². The van der Waals surface area contributed by atoms with Crippen LogP contribution in [0.4, 0.5) is 0 Å². The Kier molecular flexibility index (Phi) is 8.05. The van der Waals surface area contributed by atoms with E-state index in [0.29, 0.717) is 23.3 Å². The third-order valence-corrected chi connectivity index (χ3v) is 8.88. The van der Waals surface area contributed by atoms with E-state index < -0.39 is 0 Å². The molecule has 2 aromatic carbocycles. The highest BCUT2D eigenvalue weighted by atomic mass is 32.1. The number of carbonyl (C=O) groups excluding carboxylic acids is 2. The number of nitrogens with one attached hydrogen (secondary N) is 3. The van der Waals surface area contributed by atoms with Crippen LogP contribution >= 0.6 is 11.3 Å². The summed E-state index contributed by atoms with van der Waals surface area (Å²) in [6.07, 6.45) is 5.23. The summed E-state index contributed by atoms with van der Waals surface area (Å²) in [4.78, 5) is 37.2. The molecule has 1 saturated carbocycles. The molecule has 2 amide bonds. The molecule has 0 bridgehead atoms. The number of H-pyrrole nitrogens is 1. The van der Waals surface area contributed by atoms with Gasteiger partial charge in [0.25, 0.3) is 5.91 Å². The van der Waals surface area contributed by atoms with Crippen LogP contribution in [0.3, 0.4) is 0 Å². The summed E-state index contributed by atoms with van der Waals surface area (Å²) in [6.45, 7) is 6.73. The number of amides is 2. The first kappa shape index (κ1) is 28.7. The molecular formula is C33H36N6O3S. The van der Waals surface area contributed by atoms with Crippen molar-refractivity contribution in [2.24, 2.45) is 0 Å². The first-order valence-electron chi connectivity index (χ1n) is 14.5. The Hall–Kier alpha value is -4.41. The predicted octanol–water partition coefficient (Wildman–Crippen LogP) is 5.08. The van der Waals surface area contributed by atoms with E-state index in [2.05, 4.69) is 31.7 Å². The molecule has 222 valence electrons. The summed E-state index contributed by atoms with van der Waals surface area (Å²) in [5.41, 5.74) is 4.27. The van der Waals surface area contributed by atoms with Crippen LogP contribution in [0.5, 0.6) is 11.5 Å². The maximum absolute atomic E-state index is 13.7. The third kappa shape index (κ3) is 6.07. The number of nitrogens with zero attached hydrogens (tertiary/aromatic N) is 3. The Bertz CT molecular complexity index is 1860. The fraction of sp³-hybridized carbons (Fsp3) is 0.303. The number of aromatic amines is 1. The standard InChI is InChI=1S/C33H36N6O3S/c1-20-17-25(42-24-11-6-5-7-12-24)13-14-26(20)39-21(2)35-30-29-27(39)15-16-34-33(29)43-31(30)32(41)37-23-10-8-9-22(18-23)36-28(40)19-38(3)4/h5-7,11-17,22-23,35H,2,8-10,18-19H2,1,3-4H3,(H,36,40)(H,37,41)/t22?,23-/m0/s1. The van der Waals surface area contributed by atoms with Crippen LogP contribution in [-0.2, 0) is 4.79 Å². The number of hydrogen-bond donors (Lipinski definition) is 3. The summed E-state index contributed by atoms with van der Waals surface area (Å²) in [6, 6.07) is 17.7. The van der Waals surface area contributed by atoms with Gasteiger partial charge in [-0.25, -0.2) is 4.98 Å². The lowest BCUT2D eigenvalue weighted by Crippen LogP contribution is -2.47. The van der Waals surface area contributed by atoms with Gasteiger partial charge in [-0.2, -0.15) is 0 Å². The predicted molar refractivity (Wildman–Crippen MR) is 172 cm³/mol. The fourth-order valence-corrected chi connectivity index (χ4v) is 6.95. The molecule has 0 saturated heterocycles. The lowest BCUT2D eigenvalue weighted by molar-refractivity contribution is -0.122. The van der Waals surface area contributed by atoms with Crippen molar-refractivity contribution in [1.29, 1.82) is 0 Å². The van der Waals surface area contributed by atoms with Crippen LogP contribution in [0.2, 0.25) is 0 Å². The molecule has 3 aromatic heterocycles. The van der Waals surface area contributed by atoms with Crippen LogP contribution in [0, 0.1) is 6.92 Å². The molecule has 1 unspecified atom stereocenters. The Morgan fingerprint density at radius 2 is 1.86 bits per heavy atom. The van der Waals surface area contributed by atoms with Gasteiger partial charge in [0, 0.05) is 18.3 Å². The Morgan fingerprint density at radius 3 is 2.60 bits per heavy atom. The molecule has 0 aliphatic heterocycles. The Balaban J connectivity index is 1.27. The molecular weight excluding hydrogens is 560 g/mol. The molecule has 3 N–H and O–H groups in total. The number of rotatable bonds is 8. The molecule has 6 rings (SSSR count). The number of ether oxygens (including phenoxy) is 1. The van der Waals surface area contributed by atoms with Gasteiger partial charge in [-0.1, -0.05) is 24.8 Å². The number of hydrogen-bond acceptors (Lipinski definition) is 6. The summed E-state index contributed by atoms with van der Waals surface area (Å²) in [5, 5.41) is 7.25. The van der Waals surface area contributed by atoms with E-state index in [1.807, 2.05) is 80.5 Å². The molecule has 5 aromatic rings. The average Bonchev–Trinajstić information content (AvgIpc) is 3.34. The zero-order valence-corrected chi connectivity index (χ0v) is 25.5. The van der Waals surface area contributed by atoms with E-state index in [1.165, 1.54) is 11.3 Å². The van der Waals surface area contributed by atoms with Crippen LogP contribution in [0.25, 0.3) is 33.5 Å². The van der Waals surface area contributed by atoms with Gasteiger partial charge in [0.2, 0.25) is 5.91 Å². The minimum absolute atomic E-state index is 0.00961. The highest BCUT2D eigenvalue weighted by Crippen LogP contribution is 2.35. The van der Waals surface area contributed by atoms with Gasteiger partial charge >= 0.3 is 0 Å². The van der Waals surface area contributed by atoms with Crippen molar-refractivity contribution >= 4 is 51.0 Å². The van der Waals surface area contributed by atoms with E-state index in [0.717, 1.165) is 63.3 Å².